The van der Waals surface area contributed by atoms with E-state index >= 15 is 0 Å². The van der Waals surface area contributed by atoms with Crippen molar-refractivity contribution in [2.75, 3.05) is 26.2 Å². The summed E-state index contributed by atoms with van der Waals surface area (Å²) in [5, 5.41) is 0. The van der Waals surface area contributed by atoms with Crippen molar-refractivity contribution in [3.8, 4) is 0 Å². The Morgan fingerprint density at radius 1 is 0.909 bits per heavy atom. The highest BCUT2D eigenvalue weighted by molar-refractivity contribution is 6.19. The van der Waals surface area contributed by atoms with Gasteiger partial charge >= 0.3 is 0 Å². The summed E-state index contributed by atoms with van der Waals surface area (Å²) in [6.07, 6.45) is 2.94. The number of allylic oxidation sites excluding steroid dienone is 3. The van der Waals surface area contributed by atoms with E-state index in [0.717, 1.165) is 32.7 Å². The summed E-state index contributed by atoms with van der Waals surface area (Å²) >= 11 is 0. The van der Waals surface area contributed by atoms with Crippen molar-refractivity contribution >= 4 is 11.6 Å². The second kappa shape index (κ2) is 6.28. The van der Waals surface area contributed by atoms with Gasteiger partial charge in [0.25, 0.3) is 0 Å². The van der Waals surface area contributed by atoms with Gasteiger partial charge in [-0.2, -0.15) is 0 Å². The SMILES string of the molecule is CC1=CC(=O)C(N2CCN(Cc3ccccc3)CC2)=CC1=O. The molecule has 4 nitrogen and oxygen atoms in total. The van der Waals surface area contributed by atoms with Crippen LogP contribution < -0.4 is 0 Å². The molecule has 114 valence electrons. The lowest BCUT2D eigenvalue weighted by molar-refractivity contribution is -0.116. The van der Waals surface area contributed by atoms with Crippen molar-refractivity contribution in [1.82, 2.24) is 9.80 Å². The first-order chi connectivity index (χ1) is 10.6. The van der Waals surface area contributed by atoms with E-state index in [9.17, 15) is 9.59 Å². The fourth-order valence-corrected chi connectivity index (χ4v) is 2.89. The van der Waals surface area contributed by atoms with Crippen molar-refractivity contribution in [3.63, 3.8) is 0 Å². The van der Waals surface area contributed by atoms with Crippen LogP contribution in [0.15, 0.2) is 53.8 Å². The van der Waals surface area contributed by atoms with Crippen LogP contribution in [0.2, 0.25) is 0 Å². The Balaban J connectivity index is 1.59. The van der Waals surface area contributed by atoms with Crippen LogP contribution in [0.5, 0.6) is 0 Å². The van der Waals surface area contributed by atoms with Gasteiger partial charge in [-0.3, -0.25) is 14.5 Å². The highest BCUT2D eigenvalue weighted by Crippen LogP contribution is 2.18. The summed E-state index contributed by atoms with van der Waals surface area (Å²) < 4.78 is 0. The standard InChI is InChI=1S/C18H20N2O2/c1-14-11-18(22)16(12-17(14)21)20-9-7-19(8-10-20)13-15-5-3-2-4-6-15/h2-6,11-12H,7-10,13H2,1H3. The summed E-state index contributed by atoms with van der Waals surface area (Å²) in [6.45, 7) is 5.98. The van der Waals surface area contributed by atoms with Crippen molar-refractivity contribution in [3.05, 3.63) is 59.3 Å². The minimum atomic E-state index is -0.0543. The Hall–Kier alpha value is -2.20. The van der Waals surface area contributed by atoms with Gasteiger partial charge in [0, 0.05) is 44.4 Å². The predicted octanol–water partition coefficient (Wildman–Crippen LogP) is 1.79. The molecule has 1 fully saturated rings. The second-order valence-electron chi connectivity index (χ2n) is 5.83. The Morgan fingerprint density at radius 3 is 2.27 bits per heavy atom. The molecule has 2 aliphatic rings. The lowest BCUT2D eigenvalue weighted by atomic mass is 10.0. The maximum Gasteiger partial charge on any atom is 0.202 e. The molecule has 1 aliphatic heterocycles. The summed E-state index contributed by atoms with van der Waals surface area (Å²) in [4.78, 5) is 28.2. The molecule has 1 aromatic rings. The van der Waals surface area contributed by atoms with Gasteiger partial charge in [0.05, 0.1) is 5.70 Å². The monoisotopic (exact) mass is 296 g/mol. The molecule has 0 atom stereocenters. The number of hydrogen-bond donors (Lipinski definition) is 0. The smallest absolute Gasteiger partial charge is 0.202 e. The minimum Gasteiger partial charge on any atom is -0.366 e. The van der Waals surface area contributed by atoms with Crippen LogP contribution in [0.3, 0.4) is 0 Å². The zero-order valence-electron chi connectivity index (χ0n) is 12.8. The Kier molecular flexibility index (Phi) is 4.20. The van der Waals surface area contributed by atoms with E-state index in [1.807, 2.05) is 11.0 Å². The molecule has 0 saturated carbocycles. The van der Waals surface area contributed by atoms with E-state index < -0.39 is 0 Å². The number of piperazine rings is 1. The maximum atomic E-state index is 12.1. The fraction of sp³-hybridized carbons (Fsp3) is 0.333. The average molecular weight is 296 g/mol. The normalized spacial score (nSPS) is 20.0. The van der Waals surface area contributed by atoms with E-state index in [-0.39, 0.29) is 11.6 Å². The fourth-order valence-electron chi connectivity index (χ4n) is 2.89. The van der Waals surface area contributed by atoms with Gasteiger partial charge < -0.3 is 4.90 Å². The lowest BCUT2D eigenvalue weighted by Crippen LogP contribution is -2.46. The number of rotatable bonds is 3. The molecule has 22 heavy (non-hydrogen) atoms. The quantitative estimate of drug-likeness (QED) is 0.797. The predicted molar refractivity (Wildman–Crippen MR) is 85.1 cm³/mol. The molecule has 1 heterocycles. The highest BCUT2D eigenvalue weighted by atomic mass is 16.1. The van der Waals surface area contributed by atoms with Gasteiger partial charge in [0.1, 0.15) is 0 Å². The van der Waals surface area contributed by atoms with Crippen molar-refractivity contribution < 1.29 is 9.59 Å². The molecule has 0 unspecified atom stereocenters. The van der Waals surface area contributed by atoms with Crippen molar-refractivity contribution in [2.45, 2.75) is 13.5 Å². The van der Waals surface area contributed by atoms with Crippen LogP contribution >= 0.6 is 0 Å². The van der Waals surface area contributed by atoms with Crippen LogP contribution in [-0.4, -0.2) is 47.5 Å². The first-order valence-corrected chi connectivity index (χ1v) is 7.63. The van der Waals surface area contributed by atoms with Crippen molar-refractivity contribution in [1.29, 1.82) is 0 Å². The number of carbonyl (C=O) groups excluding carboxylic acids is 2. The topological polar surface area (TPSA) is 40.6 Å². The molecule has 3 rings (SSSR count). The van der Waals surface area contributed by atoms with E-state index in [4.69, 9.17) is 0 Å². The summed E-state index contributed by atoms with van der Waals surface area (Å²) in [7, 11) is 0. The molecule has 0 radical (unpaired) electrons. The third-order valence-corrected chi connectivity index (χ3v) is 4.22. The number of benzene rings is 1. The van der Waals surface area contributed by atoms with E-state index in [1.54, 1.807) is 6.92 Å². The number of ketones is 2. The molecular weight excluding hydrogens is 276 g/mol. The second-order valence-corrected chi connectivity index (χ2v) is 5.83. The summed E-state index contributed by atoms with van der Waals surface area (Å²) in [5.41, 5.74) is 2.38. The van der Waals surface area contributed by atoms with Crippen LogP contribution in [0.4, 0.5) is 0 Å². The zero-order chi connectivity index (χ0) is 15.5. The van der Waals surface area contributed by atoms with Crippen LogP contribution in [0, 0.1) is 0 Å². The number of carbonyl (C=O) groups is 2. The molecule has 1 aliphatic carbocycles. The molecule has 0 amide bonds. The van der Waals surface area contributed by atoms with Crippen molar-refractivity contribution in [2.24, 2.45) is 0 Å². The maximum absolute atomic E-state index is 12.1. The molecule has 0 aromatic heterocycles. The number of hydrogen-bond acceptors (Lipinski definition) is 4. The Labute approximate surface area is 130 Å². The Bertz CT molecular complexity index is 638. The first-order valence-electron chi connectivity index (χ1n) is 7.63. The van der Waals surface area contributed by atoms with Gasteiger partial charge in [-0.15, -0.1) is 0 Å². The molecule has 0 spiro atoms. The highest BCUT2D eigenvalue weighted by Gasteiger charge is 2.25. The van der Waals surface area contributed by atoms with E-state index in [1.165, 1.54) is 17.7 Å². The van der Waals surface area contributed by atoms with E-state index in [2.05, 4.69) is 29.2 Å². The largest absolute Gasteiger partial charge is 0.366 e. The van der Waals surface area contributed by atoms with Crippen LogP contribution in [-0.2, 0) is 16.1 Å². The minimum absolute atomic E-state index is 0.0476. The molecule has 1 saturated heterocycles. The summed E-state index contributed by atoms with van der Waals surface area (Å²) in [6, 6.07) is 10.4. The third kappa shape index (κ3) is 3.17. The molecule has 4 heteroatoms. The molecular formula is C18H20N2O2. The lowest BCUT2D eigenvalue weighted by Gasteiger charge is -2.37. The van der Waals surface area contributed by atoms with E-state index in [0.29, 0.717) is 11.3 Å². The zero-order valence-corrected chi connectivity index (χ0v) is 12.8. The molecule has 0 bridgehead atoms. The average Bonchev–Trinajstić information content (AvgIpc) is 2.53. The van der Waals surface area contributed by atoms with Crippen LogP contribution in [0.1, 0.15) is 12.5 Å². The van der Waals surface area contributed by atoms with Gasteiger partial charge in [0.15, 0.2) is 5.78 Å². The van der Waals surface area contributed by atoms with Gasteiger partial charge in [-0.25, -0.2) is 0 Å². The van der Waals surface area contributed by atoms with Gasteiger partial charge in [-0.1, -0.05) is 30.3 Å². The van der Waals surface area contributed by atoms with Gasteiger partial charge in [-0.05, 0) is 18.6 Å². The Morgan fingerprint density at radius 2 is 1.59 bits per heavy atom. The van der Waals surface area contributed by atoms with Crippen LogP contribution in [0.25, 0.3) is 0 Å². The third-order valence-electron chi connectivity index (χ3n) is 4.22. The van der Waals surface area contributed by atoms with Gasteiger partial charge in [0.2, 0.25) is 5.78 Å². The molecule has 0 N–H and O–H groups in total. The molecule has 1 aromatic carbocycles. The first kappa shape index (κ1) is 14.7. The number of nitrogens with zero attached hydrogens (tertiary/aromatic N) is 2. The summed E-state index contributed by atoms with van der Waals surface area (Å²) in [5.74, 6) is -0.102.